The molecular weight excluding hydrogens is 208 g/mol. The zero-order valence-corrected chi connectivity index (χ0v) is 9.10. The molecule has 0 radical (unpaired) electrons. The SMILES string of the molecule is COC(=O)C1=C(C(=O)OC)C2C=CC1C=C2. The van der Waals surface area contributed by atoms with Crippen molar-refractivity contribution in [2.45, 2.75) is 0 Å². The standard InChI is InChI=1S/C12H12O4/c1-15-11(13)9-7-3-5-8(6-4-7)10(9)12(14)16-2/h3-8H,1-2H3. The summed E-state index contributed by atoms with van der Waals surface area (Å²) in [6.07, 6.45) is 7.57. The van der Waals surface area contributed by atoms with Crippen LogP contribution in [-0.4, -0.2) is 26.2 Å². The quantitative estimate of drug-likeness (QED) is 0.514. The third-order valence-corrected chi connectivity index (χ3v) is 2.82. The summed E-state index contributed by atoms with van der Waals surface area (Å²) in [6, 6.07) is 0. The number of methoxy groups -OCH3 is 2. The Balaban J connectivity index is 2.47. The van der Waals surface area contributed by atoms with Gasteiger partial charge in [-0.15, -0.1) is 0 Å². The van der Waals surface area contributed by atoms with Crippen LogP contribution >= 0.6 is 0 Å². The van der Waals surface area contributed by atoms with Gasteiger partial charge in [-0.3, -0.25) is 0 Å². The Morgan fingerprint density at radius 2 is 1.19 bits per heavy atom. The van der Waals surface area contributed by atoms with Gasteiger partial charge >= 0.3 is 11.9 Å². The van der Waals surface area contributed by atoms with Gasteiger partial charge in [-0.05, 0) is 0 Å². The molecule has 3 rings (SSSR count). The molecule has 4 nitrogen and oxygen atoms in total. The monoisotopic (exact) mass is 220 g/mol. The van der Waals surface area contributed by atoms with E-state index in [0.29, 0.717) is 11.1 Å². The molecular formula is C12H12O4. The molecule has 0 amide bonds. The third kappa shape index (κ3) is 1.46. The highest BCUT2D eigenvalue weighted by molar-refractivity contribution is 6.03. The van der Waals surface area contributed by atoms with Crippen molar-refractivity contribution in [2.24, 2.45) is 11.8 Å². The van der Waals surface area contributed by atoms with Gasteiger partial charge in [0.15, 0.2) is 0 Å². The van der Waals surface area contributed by atoms with Crippen LogP contribution in [0.2, 0.25) is 0 Å². The van der Waals surface area contributed by atoms with E-state index in [-0.39, 0.29) is 11.8 Å². The minimum atomic E-state index is -0.468. The second-order valence-electron chi connectivity index (χ2n) is 3.63. The Kier molecular flexibility index (Phi) is 2.64. The molecule has 4 heteroatoms. The van der Waals surface area contributed by atoms with E-state index in [1.54, 1.807) is 0 Å². The maximum absolute atomic E-state index is 11.6. The van der Waals surface area contributed by atoms with E-state index < -0.39 is 11.9 Å². The van der Waals surface area contributed by atoms with E-state index >= 15 is 0 Å². The van der Waals surface area contributed by atoms with Gasteiger partial charge < -0.3 is 9.47 Å². The van der Waals surface area contributed by atoms with Crippen molar-refractivity contribution < 1.29 is 19.1 Å². The number of carbonyl (C=O) groups excluding carboxylic acids is 2. The van der Waals surface area contributed by atoms with Gasteiger partial charge in [-0.25, -0.2) is 9.59 Å². The maximum Gasteiger partial charge on any atom is 0.335 e. The van der Waals surface area contributed by atoms with E-state index in [9.17, 15) is 9.59 Å². The fraction of sp³-hybridized carbons (Fsp3) is 0.333. The molecule has 3 aliphatic carbocycles. The van der Waals surface area contributed by atoms with Crippen molar-refractivity contribution in [1.29, 1.82) is 0 Å². The van der Waals surface area contributed by atoms with Gasteiger partial charge in [0.25, 0.3) is 0 Å². The summed E-state index contributed by atoms with van der Waals surface area (Å²) in [5, 5.41) is 0. The van der Waals surface area contributed by atoms with Crippen LogP contribution in [0.1, 0.15) is 0 Å². The molecule has 16 heavy (non-hydrogen) atoms. The first-order chi connectivity index (χ1) is 7.69. The van der Waals surface area contributed by atoms with Crippen molar-refractivity contribution >= 4 is 11.9 Å². The number of hydrogen-bond donors (Lipinski definition) is 0. The fourth-order valence-corrected chi connectivity index (χ4v) is 2.06. The third-order valence-electron chi connectivity index (χ3n) is 2.82. The van der Waals surface area contributed by atoms with Crippen LogP contribution in [0.5, 0.6) is 0 Å². The van der Waals surface area contributed by atoms with Gasteiger partial charge in [0.1, 0.15) is 0 Å². The van der Waals surface area contributed by atoms with Gasteiger partial charge in [0, 0.05) is 11.8 Å². The molecule has 0 atom stereocenters. The summed E-state index contributed by atoms with van der Waals surface area (Å²) in [7, 11) is 2.61. The number of esters is 2. The van der Waals surface area contributed by atoms with E-state index in [1.165, 1.54) is 14.2 Å². The van der Waals surface area contributed by atoms with E-state index in [4.69, 9.17) is 9.47 Å². The van der Waals surface area contributed by atoms with Gasteiger partial charge in [0.2, 0.25) is 0 Å². The summed E-state index contributed by atoms with van der Waals surface area (Å²) in [4.78, 5) is 23.3. The van der Waals surface area contributed by atoms with Crippen molar-refractivity contribution in [2.75, 3.05) is 14.2 Å². The minimum Gasteiger partial charge on any atom is -0.466 e. The summed E-state index contributed by atoms with van der Waals surface area (Å²) in [5.74, 6) is -1.29. The lowest BCUT2D eigenvalue weighted by Crippen LogP contribution is -2.28. The van der Waals surface area contributed by atoms with E-state index in [2.05, 4.69) is 0 Å². The molecule has 0 spiro atoms. The van der Waals surface area contributed by atoms with Crippen LogP contribution in [-0.2, 0) is 19.1 Å². The lowest BCUT2D eigenvalue weighted by atomic mass is 9.76. The van der Waals surface area contributed by atoms with Crippen molar-refractivity contribution in [3.8, 4) is 0 Å². The Hall–Kier alpha value is -1.84. The molecule has 0 N–H and O–H groups in total. The lowest BCUT2D eigenvalue weighted by Gasteiger charge is -2.28. The molecule has 0 saturated carbocycles. The van der Waals surface area contributed by atoms with Crippen LogP contribution in [0.15, 0.2) is 35.5 Å². The normalized spacial score (nSPS) is 25.9. The van der Waals surface area contributed by atoms with Crippen molar-refractivity contribution in [3.05, 3.63) is 35.5 Å². The number of carbonyl (C=O) groups is 2. The highest BCUT2D eigenvalue weighted by atomic mass is 16.5. The summed E-state index contributed by atoms with van der Waals surface area (Å²) in [6.45, 7) is 0. The van der Waals surface area contributed by atoms with Gasteiger partial charge in [0.05, 0.1) is 25.4 Å². The highest BCUT2D eigenvalue weighted by Crippen LogP contribution is 2.37. The Morgan fingerprint density at radius 1 is 0.875 bits per heavy atom. The molecule has 0 heterocycles. The summed E-state index contributed by atoms with van der Waals surface area (Å²) in [5.41, 5.74) is 0.786. The average molecular weight is 220 g/mol. The number of rotatable bonds is 2. The molecule has 0 aromatic rings. The van der Waals surface area contributed by atoms with E-state index in [1.807, 2.05) is 24.3 Å². The molecule has 0 fully saturated rings. The number of ether oxygens (including phenoxy) is 2. The second-order valence-corrected chi connectivity index (χ2v) is 3.63. The molecule has 84 valence electrons. The fourth-order valence-electron chi connectivity index (χ4n) is 2.06. The molecule has 0 unspecified atom stereocenters. The van der Waals surface area contributed by atoms with Crippen LogP contribution in [0.4, 0.5) is 0 Å². The smallest absolute Gasteiger partial charge is 0.335 e. The topological polar surface area (TPSA) is 52.6 Å². The first-order valence-corrected chi connectivity index (χ1v) is 4.96. The maximum atomic E-state index is 11.6. The Morgan fingerprint density at radius 3 is 1.44 bits per heavy atom. The second kappa shape index (κ2) is 3.96. The zero-order valence-electron chi connectivity index (χ0n) is 9.10. The van der Waals surface area contributed by atoms with Crippen molar-refractivity contribution in [1.82, 2.24) is 0 Å². The molecule has 0 aliphatic heterocycles. The predicted molar refractivity (Wildman–Crippen MR) is 56.3 cm³/mol. The molecule has 0 aromatic heterocycles. The highest BCUT2D eigenvalue weighted by Gasteiger charge is 2.36. The van der Waals surface area contributed by atoms with Crippen LogP contribution in [0.25, 0.3) is 0 Å². The predicted octanol–water partition coefficient (Wildman–Crippen LogP) is 1.00. The Labute approximate surface area is 93.2 Å². The zero-order chi connectivity index (χ0) is 11.7. The summed E-state index contributed by atoms with van der Waals surface area (Å²) < 4.78 is 9.39. The molecule has 3 aliphatic rings. The van der Waals surface area contributed by atoms with Crippen LogP contribution in [0, 0.1) is 11.8 Å². The first kappa shape index (κ1) is 10.7. The first-order valence-electron chi connectivity index (χ1n) is 4.96. The van der Waals surface area contributed by atoms with Gasteiger partial charge in [-0.2, -0.15) is 0 Å². The molecule has 0 aromatic carbocycles. The molecule has 0 saturated heterocycles. The van der Waals surface area contributed by atoms with Crippen LogP contribution < -0.4 is 0 Å². The number of hydrogen-bond acceptors (Lipinski definition) is 4. The van der Waals surface area contributed by atoms with Crippen molar-refractivity contribution in [3.63, 3.8) is 0 Å². The largest absolute Gasteiger partial charge is 0.466 e. The lowest BCUT2D eigenvalue weighted by molar-refractivity contribution is -0.140. The summed E-state index contributed by atoms with van der Waals surface area (Å²) >= 11 is 0. The Bertz CT molecular complexity index is 376. The number of allylic oxidation sites excluding steroid dienone is 4. The average Bonchev–Trinajstić information content (AvgIpc) is 2.37. The van der Waals surface area contributed by atoms with E-state index in [0.717, 1.165) is 0 Å². The van der Waals surface area contributed by atoms with Gasteiger partial charge in [-0.1, -0.05) is 24.3 Å². The van der Waals surface area contributed by atoms with Crippen LogP contribution in [0.3, 0.4) is 0 Å². The minimum absolute atomic E-state index is 0.174. The molecule has 2 bridgehead atoms.